The van der Waals surface area contributed by atoms with Gasteiger partial charge in [0.05, 0.1) is 0 Å². The molecular formula is C14H9F2O. The number of fused-ring (bicyclic) bond motifs is 1. The van der Waals surface area contributed by atoms with Gasteiger partial charge in [0.15, 0.2) is 0 Å². The molecule has 0 bridgehead atoms. The predicted molar refractivity (Wildman–Crippen MR) is 60.4 cm³/mol. The number of benzene rings is 2. The molecule has 0 spiro atoms. The van der Waals surface area contributed by atoms with E-state index in [9.17, 15) is 8.78 Å². The van der Waals surface area contributed by atoms with Crippen molar-refractivity contribution in [3.63, 3.8) is 0 Å². The maximum Gasteiger partial charge on any atom is 0.140 e. The minimum atomic E-state index is -0.311. The van der Waals surface area contributed by atoms with Gasteiger partial charge in [-0.2, -0.15) is 0 Å². The van der Waals surface area contributed by atoms with Gasteiger partial charge in [0.1, 0.15) is 24.0 Å². The molecule has 2 aromatic carbocycles. The molecule has 1 aliphatic rings. The summed E-state index contributed by atoms with van der Waals surface area (Å²) in [6.45, 7) is 1.64. The lowest BCUT2D eigenvalue weighted by Crippen LogP contribution is -1.88. The summed E-state index contributed by atoms with van der Waals surface area (Å²) in [5.74, 6) is 0.0502. The van der Waals surface area contributed by atoms with E-state index in [2.05, 4.69) is 0 Å². The van der Waals surface area contributed by atoms with Crippen LogP contribution < -0.4 is 4.74 Å². The van der Waals surface area contributed by atoms with Crippen molar-refractivity contribution in [1.82, 2.24) is 0 Å². The second kappa shape index (κ2) is 3.84. The van der Waals surface area contributed by atoms with Gasteiger partial charge >= 0.3 is 0 Å². The van der Waals surface area contributed by atoms with E-state index in [1.54, 1.807) is 18.7 Å². The van der Waals surface area contributed by atoms with Crippen molar-refractivity contribution < 1.29 is 13.5 Å². The molecule has 0 atom stereocenters. The number of hydrogen-bond donors (Lipinski definition) is 0. The summed E-state index contributed by atoms with van der Waals surface area (Å²) >= 11 is 0. The quantitative estimate of drug-likeness (QED) is 0.726. The Balaban J connectivity index is 2.17. The molecule has 0 saturated carbocycles. The Bertz CT molecular complexity index is 561. The Morgan fingerprint density at radius 1 is 0.941 bits per heavy atom. The largest absolute Gasteiger partial charge is 0.485 e. The Morgan fingerprint density at radius 3 is 2.47 bits per heavy atom. The lowest BCUT2D eigenvalue weighted by molar-refractivity contribution is 0.436. The first kappa shape index (κ1) is 10.3. The van der Waals surface area contributed by atoms with E-state index < -0.39 is 0 Å². The normalized spacial score (nSPS) is 13.3. The van der Waals surface area contributed by atoms with Crippen LogP contribution in [0.4, 0.5) is 8.78 Å². The minimum Gasteiger partial charge on any atom is -0.485 e. The smallest absolute Gasteiger partial charge is 0.140 e. The summed E-state index contributed by atoms with van der Waals surface area (Å²) in [6.07, 6.45) is 0.599. The van der Waals surface area contributed by atoms with E-state index in [-0.39, 0.29) is 11.6 Å². The van der Waals surface area contributed by atoms with E-state index >= 15 is 0 Å². The molecule has 2 aromatic rings. The van der Waals surface area contributed by atoms with Gasteiger partial charge in [-0.05, 0) is 29.8 Å². The number of halogens is 2. The van der Waals surface area contributed by atoms with Crippen LogP contribution in [0.2, 0.25) is 0 Å². The first-order valence-electron chi connectivity index (χ1n) is 5.31. The maximum absolute atomic E-state index is 13.4. The Labute approximate surface area is 97.7 Å². The van der Waals surface area contributed by atoms with Crippen molar-refractivity contribution in [1.29, 1.82) is 0 Å². The van der Waals surface area contributed by atoms with E-state index in [0.29, 0.717) is 17.7 Å². The molecular weight excluding hydrogens is 222 g/mol. The molecule has 85 valence electrons. The third-order valence-corrected chi connectivity index (χ3v) is 2.79. The van der Waals surface area contributed by atoms with Crippen molar-refractivity contribution in [3.05, 3.63) is 60.2 Å². The van der Waals surface area contributed by atoms with Crippen LogP contribution in [0.1, 0.15) is 5.56 Å². The fourth-order valence-electron chi connectivity index (χ4n) is 2.00. The van der Waals surface area contributed by atoms with E-state index in [0.717, 1.165) is 11.1 Å². The molecule has 1 nitrogen and oxygen atoms in total. The molecule has 3 rings (SSSR count). The SMILES string of the molecule is Fc1ccc(-c2cc(F)cc3c2O[CH]C3)cc1. The predicted octanol–water partition coefficient (Wildman–Crippen LogP) is 3.73. The van der Waals surface area contributed by atoms with Crippen molar-refractivity contribution in [2.75, 3.05) is 0 Å². The maximum atomic E-state index is 13.4. The van der Waals surface area contributed by atoms with Gasteiger partial charge in [-0.1, -0.05) is 12.1 Å². The highest BCUT2D eigenvalue weighted by Gasteiger charge is 2.19. The Kier molecular flexibility index (Phi) is 2.32. The molecule has 0 aliphatic carbocycles. The summed E-state index contributed by atoms with van der Waals surface area (Å²) in [7, 11) is 0. The van der Waals surface area contributed by atoms with Gasteiger partial charge in [0.2, 0.25) is 0 Å². The lowest BCUT2D eigenvalue weighted by atomic mass is 10.0. The molecule has 1 radical (unpaired) electrons. The van der Waals surface area contributed by atoms with Crippen molar-refractivity contribution >= 4 is 0 Å². The Hall–Kier alpha value is -1.90. The first-order chi connectivity index (χ1) is 8.24. The molecule has 0 fully saturated rings. The second-order valence-corrected chi connectivity index (χ2v) is 3.94. The molecule has 1 heterocycles. The molecule has 0 N–H and O–H groups in total. The molecule has 1 aliphatic heterocycles. The fourth-order valence-corrected chi connectivity index (χ4v) is 2.00. The van der Waals surface area contributed by atoms with Crippen LogP contribution in [-0.2, 0) is 6.42 Å². The van der Waals surface area contributed by atoms with E-state index in [1.807, 2.05) is 0 Å². The van der Waals surface area contributed by atoms with Crippen LogP contribution >= 0.6 is 0 Å². The number of hydrogen-bond acceptors (Lipinski definition) is 1. The van der Waals surface area contributed by atoms with Crippen molar-refractivity contribution in [2.24, 2.45) is 0 Å². The highest BCUT2D eigenvalue weighted by Crippen LogP contribution is 2.38. The lowest BCUT2D eigenvalue weighted by Gasteiger charge is -2.08. The standard InChI is InChI=1S/C14H9F2O/c15-11-3-1-9(2-4-11)13-8-12(16)7-10-5-6-17-14(10)13/h1-4,6-8H,5H2. The molecule has 3 heteroatoms. The van der Waals surface area contributed by atoms with Gasteiger partial charge in [0, 0.05) is 17.5 Å². The van der Waals surface area contributed by atoms with Crippen molar-refractivity contribution in [2.45, 2.75) is 6.42 Å². The average molecular weight is 231 g/mol. The van der Waals surface area contributed by atoms with Crippen LogP contribution in [0.5, 0.6) is 5.75 Å². The van der Waals surface area contributed by atoms with Gasteiger partial charge in [-0.25, -0.2) is 8.78 Å². The average Bonchev–Trinajstić information content (AvgIpc) is 2.77. The van der Waals surface area contributed by atoms with Crippen LogP contribution in [0.3, 0.4) is 0 Å². The topological polar surface area (TPSA) is 9.23 Å². The van der Waals surface area contributed by atoms with Crippen molar-refractivity contribution in [3.8, 4) is 16.9 Å². The van der Waals surface area contributed by atoms with Crippen LogP contribution in [-0.4, -0.2) is 0 Å². The van der Waals surface area contributed by atoms with Crippen LogP contribution in [0.15, 0.2) is 36.4 Å². The van der Waals surface area contributed by atoms with Gasteiger partial charge < -0.3 is 4.74 Å². The summed E-state index contributed by atoms with van der Waals surface area (Å²) < 4.78 is 31.7. The van der Waals surface area contributed by atoms with Gasteiger partial charge in [0.25, 0.3) is 0 Å². The summed E-state index contributed by atoms with van der Waals surface area (Å²) in [4.78, 5) is 0. The zero-order chi connectivity index (χ0) is 11.8. The van der Waals surface area contributed by atoms with Crippen LogP contribution in [0, 0.1) is 18.2 Å². The summed E-state index contributed by atoms with van der Waals surface area (Å²) in [6, 6.07) is 8.81. The summed E-state index contributed by atoms with van der Waals surface area (Å²) in [5, 5.41) is 0. The van der Waals surface area contributed by atoms with Gasteiger partial charge in [-0.15, -0.1) is 0 Å². The molecule has 0 amide bonds. The number of ether oxygens (including phenoxy) is 1. The third kappa shape index (κ3) is 1.78. The molecule has 0 saturated heterocycles. The van der Waals surface area contributed by atoms with E-state index in [4.69, 9.17) is 4.74 Å². The monoisotopic (exact) mass is 231 g/mol. The zero-order valence-corrected chi connectivity index (χ0v) is 8.91. The minimum absolute atomic E-state index is 0.304. The zero-order valence-electron chi connectivity index (χ0n) is 8.91. The Morgan fingerprint density at radius 2 is 1.71 bits per heavy atom. The van der Waals surface area contributed by atoms with E-state index in [1.165, 1.54) is 24.3 Å². The molecule has 0 unspecified atom stereocenters. The highest BCUT2D eigenvalue weighted by atomic mass is 19.1. The summed E-state index contributed by atoms with van der Waals surface area (Å²) in [5.41, 5.74) is 2.23. The number of rotatable bonds is 1. The fraction of sp³-hybridized carbons (Fsp3) is 0.0714. The van der Waals surface area contributed by atoms with Gasteiger partial charge in [-0.3, -0.25) is 0 Å². The molecule has 0 aromatic heterocycles. The highest BCUT2D eigenvalue weighted by molar-refractivity contribution is 5.73. The van der Waals surface area contributed by atoms with Crippen LogP contribution in [0.25, 0.3) is 11.1 Å². The first-order valence-corrected chi connectivity index (χ1v) is 5.31. The molecule has 17 heavy (non-hydrogen) atoms. The third-order valence-electron chi connectivity index (χ3n) is 2.79. The second-order valence-electron chi connectivity index (χ2n) is 3.94.